The molecule has 0 bridgehead atoms. The number of hydrogen-bond acceptors (Lipinski definition) is 1. The SMILES string of the molecule is CC(Nc1ccccc1F)c1cccc(Cl)c1Cl. The van der Waals surface area contributed by atoms with Gasteiger partial charge in [-0.05, 0) is 30.7 Å². The summed E-state index contributed by atoms with van der Waals surface area (Å²) in [5, 5.41) is 4.07. The minimum atomic E-state index is -0.289. The average Bonchev–Trinajstić information content (AvgIpc) is 2.35. The molecule has 2 aromatic carbocycles. The first-order chi connectivity index (χ1) is 8.59. The van der Waals surface area contributed by atoms with Crippen molar-refractivity contribution < 1.29 is 4.39 Å². The molecule has 2 aromatic rings. The number of anilines is 1. The molecule has 0 aliphatic rings. The molecule has 1 atom stereocenters. The summed E-state index contributed by atoms with van der Waals surface area (Å²) in [5.74, 6) is -0.289. The molecule has 1 N–H and O–H groups in total. The van der Waals surface area contributed by atoms with Crippen molar-refractivity contribution in [2.24, 2.45) is 0 Å². The van der Waals surface area contributed by atoms with Crippen molar-refractivity contribution in [1.82, 2.24) is 0 Å². The molecular formula is C14H12Cl2FN. The first kappa shape index (κ1) is 13.2. The quantitative estimate of drug-likeness (QED) is 0.805. The Morgan fingerprint density at radius 3 is 2.50 bits per heavy atom. The van der Waals surface area contributed by atoms with Gasteiger partial charge in [-0.1, -0.05) is 47.5 Å². The molecule has 0 amide bonds. The van der Waals surface area contributed by atoms with E-state index in [-0.39, 0.29) is 11.9 Å². The third-order valence-corrected chi connectivity index (χ3v) is 3.53. The first-order valence-electron chi connectivity index (χ1n) is 5.54. The molecule has 0 spiro atoms. The van der Waals surface area contributed by atoms with E-state index in [1.54, 1.807) is 24.3 Å². The van der Waals surface area contributed by atoms with E-state index in [2.05, 4.69) is 5.32 Å². The maximum atomic E-state index is 13.5. The Bertz CT molecular complexity index is 557. The van der Waals surface area contributed by atoms with Crippen LogP contribution in [0.3, 0.4) is 0 Å². The van der Waals surface area contributed by atoms with Crippen molar-refractivity contribution in [3.05, 3.63) is 63.9 Å². The summed E-state index contributed by atoms with van der Waals surface area (Å²) in [7, 11) is 0. The fraction of sp³-hybridized carbons (Fsp3) is 0.143. The number of halogens is 3. The predicted octanol–water partition coefficient (Wildman–Crippen LogP) is 5.31. The number of rotatable bonds is 3. The van der Waals surface area contributed by atoms with Crippen molar-refractivity contribution in [3.8, 4) is 0 Å². The molecule has 94 valence electrons. The molecule has 2 rings (SSSR count). The lowest BCUT2D eigenvalue weighted by Crippen LogP contribution is -2.08. The molecule has 0 fully saturated rings. The molecule has 4 heteroatoms. The third-order valence-electron chi connectivity index (χ3n) is 2.69. The second kappa shape index (κ2) is 5.59. The topological polar surface area (TPSA) is 12.0 Å². The number of benzene rings is 2. The lowest BCUT2D eigenvalue weighted by atomic mass is 10.1. The van der Waals surface area contributed by atoms with Gasteiger partial charge in [-0.2, -0.15) is 0 Å². The van der Waals surface area contributed by atoms with Crippen LogP contribution in [0.1, 0.15) is 18.5 Å². The highest BCUT2D eigenvalue weighted by Gasteiger charge is 2.12. The van der Waals surface area contributed by atoms with Crippen LogP contribution in [-0.4, -0.2) is 0 Å². The molecule has 0 heterocycles. The summed E-state index contributed by atoms with van der Waals surface area (Å²) in [6.45, 7) is 1.91. The van der Waals surface area contributed by atoms with Gasteiger partial charge in [0.05, 0.1) is 21.8 Å². The van der Waals surface area contributed by atoms with E-state index in [0.29, 0.717) is 15.7 Å². The van der Waals surface area contributed by atoms with Gasteiger partial charge < -0.3 is 5.32 Å². The molecule has 18 heavy (non-hydrogen) atoms. The van der Waals surface area contributed by atoms with Crippen LogP contribution in [0.25, 0.3) is 0 Å². The zero-order chi connectivity index (χ0) is 13.1. The standard InChI is InChI=1S/C14H12Cl2FN/c1-9(10-5-4-6-11(15)14(10)16)18-13-8-3-2-7-12(13)17/h2-9,18H,1H3. The van der Waals surface area contributed by atoms with Gasteiger partial charge in [0.1, 0.15) is 5.82 Å². The third kappa shape index (κ3) is 2.77. The van der Waals surface area contributed by atoms with Gasteiger partial charge in [-0.15, -0.1) is 0 Å². The Kier molecular flexibility index (Phi) is 4.10. The second-order valence-corrected chi connectivity index (χ2v) is 4.77. The molecule has 1 nitrogen and oxygen atoms in total. The van der Waals surface area contributed by atoms with E-state index in [1.165, 1.54) is 6.07 Å². The summed E-state index contributed by atoms with van der Waals surface area (Å²) >= 11 is 12.1. The fourth-order valence-corrected chi connectivity index (χ4v) is 2.22. The van der Waals surface area contributed by atoms with Gasteiger partial charge in [-0.25, -0.2) is 4.39 Å². The Hall–Kier alpha value is -1.25. The van der Waals surface area contributed by atoms with Gasteiger partial charge in [-0.3, -0.25) is 0 Å². The Balaban J connectivity index is 2.25. The summed E-state index contributed by atoms with van der Waals surface area (Å²) in [6.07, 6.45) is 0. The van der Waals surface area contributed by atoms with Gasteiger partial charge >= 0.3 is 0 Å². The highest BCUT2D eigenvalue weighted by Crippen LogP contribution is 2.31. The van der Waals surface area contributed by atoms with Gasteiger partial charge in [0.2, 0.25) is 0 Å². The summed E-state index contributed by atoms with van der Waals surface area (Å²) in [6, 6.07) is 11.8. The van der Waals surface area contributed by atoms with Crippen molar-refractivity contribution in [2.45, 2.75) is 13.0 Å². The maximum Gasteiger partial charge on any atom is 0.146 e. The lowest BCUT2D eigenvalue weighted by Gasteiger charge is -2.17. The molecule has 0 radical (unpaired) electrons. The van der Waals surface area contributed by atoms with Crippen molar-refractivity contribution >= 4 is 28.9 Å². The van der Waals surface area contributed by atoms with Crippen LogP contribution in [-0.2, 0) is 0 Å². The number of hydrogen-bond donors (Lipinski definition) is 1. The van der Waals surface area contributed by atoms with Crippen LogP contribution >= 0.6 is 23.2 Å². The summed E-state index contributed by atoms with van der Waals surface area (Å²) in [5.41, 5.74) is 1.29. The minimum Gasteiger partial charge on any atom is -0.376 e. The Morgan fingerprint density at radius 2 is 1.78 bits per heavy atom. The first-order valence-corrected chi connectivity index (χ1v) is 6.30. The zero-order valence-corrected chi connectivity index (χ0v) is 11.3. The van der Waals surface area contributed by atoms with Gasteiger partial charge in [0.25, 0.3) is 0 Å². The van der Waals surface area contributed by atoms with Crippen molar-refractivity contribution in [1.29, 1.82) is 0 Å². The lowest BCUT2D eigenvalue weighted by molar-refractivity contribution is 0.627. The molecule has 0 aliphatic carbocycles. The average molecular weight is 284 g/mol. The van der Waals surface area contributed by atoms with E-state index >= 15 is 0 Å². The van der Waals surface area contributed by atoms with Gasteiger partial charge in [0.15, 0.2) is 0 Å². The molecule has 0 aromatic heterocycles. The van der Waals surface area contributed by atoms with E-state index in [9.17, 15) is 4.39 Å². The second-order valence-electron chi connectivity index (χ2n) is 3.99. The number of para-hydroxylation sites is 1. The van der Waals surface area contributed by atoms with Crippen LogP contribution < -0.4 is 5.32 Å². The number of nitrogens with one attached hydrogen (secondary N) is 1. The molecule has 0 aliphatic heterocycles. The van der Waals surface area contributed by atoms with Crippen LogP contribution in [0, 0.1) is 5.82 Å². The molecule has 0 saturated carbocycles. The molecular weight excluding hydrogens is 272 g/mol. The van der Waals surface area contributed by atoms with Crippen LogP contribution in [0.2, 0.25) is 10.0 Å². The largest absolute Gasteiger partial charge is 0.376 e. The van der Waals surface area contributed by atoms with E-state index in [4.69, 9.17) is 23.2 Å². The summed E-state index contributed by atoms with van der Waals surface area (Å²) in [4.78, 5) is 0. The maximum absolute atomic E-state index is 13.5. The highest BCUT2D eigenvalue weighted by atomic mass is 35.5. The van der Waals surface area contributed by atoms with Crippen LogP contribution in [0.5, 0.6) is 0 Å². The van der Waals surface area contributed by atoms with E-state index < -0.39 is 0 Å². The van der Waals surface area contributed by atoms with Crippen LogP contribution in [0.15, 0.2) is 42.5 Å². The predicted molar refractivity (Wildman–Crippen MR) is 74.9 cm³/mol. The Labute approximate surface area is 116 Å². The highest BCUT2D eigenvalue weighted by molar-refractivity contribution is 6.42. The smallest absolute Gasteiger partial charge is 0.146 e. The van der Waals surface area contributed by atoms with Crippen molar-refractivity contribution in [3.63, 3.8) is 0 Å². The molecule has 1 unspecified atom stereocenters. The van der Waals surface area contributed by atoms with Crippen molar-refractivity contribution in [2.75, 3.05) is 5.32 Å². The fourth-order valence-electron chi connectivity index (χ4n) is 1.74. The molecule has 0 saturated heterocycles. The van der Waals surface area contributed by atoms with Crippen LogP contribution in [0.4, 0.5) is 10.1 Å². The van der Waals surface area contributed by atoms with E-state index in [1.807, 2.05) is 19.1 Å². The summed E-state index contributed by atoms with van der Waals surface area (Å²) < 4.78 is 13.5. The monoisotopic (exact) mass is 283 g/mol. The van der Waals surface area contributed by atoms with E-state index in [0.717, 1.165) is 5.56 Å². The normalized spacial score (nSPS) is 12.2. The zero-order valence-electron chi connectivity index (χ0n) is 9.75. The Morgan fingerprint density at radius 1 is 1.06 bits per heavy atom. The van der Waals surface area contributed by atoms with Gasteiger partial charge in [0, 0.05) is 0 Å². The minimum absolute atomic E-state index is 0.131.